The van der Waals surface area contributed by atoms with E-state index in [1.165, 1.54) is 6.07 Å². The Hall–Kier alpha value is -1.34. The molecule has 1 aliphatic rings. The molecule has 0 saturated carbocycles. The highest BCUT2D eigenvalue weighted by atomic mass is 32.1. The maximum atomic E-state index is 12.7. The van der Waals surface area contributed by atoms with E-state index in [2.05, 4.69) is 5.32 Å². The first-order chi connectivity index (χ1) is 9.21. The fourth-order valence-electron chi connectivity index (χ4n) is 2.12. The quantitative estimate of drug-likeness (QED) is 0.843. The van der Waals surface area contributed by atoms with Gasteiger partial charge in [0.05, 0.1) is 17.7 Å². The Labute approximate surface area is 120 Å². The monoisotopic (exact) mass is 304 g/mol. The molecule has 1 unspecified atom stereocenters. The number of alkyl halides is 3. The molecule has 0 bridgehead atoms. The van der Waals surface area contributed by atoms with Gasteiger partial charge in [0.15, 0.2) is 0 Å². The zero-order valence-electron chi connectivity index (χ0n) is 10.9. The Morgan fingerprint density at radius 3 is 2.65 bits per heavy atom. The van der Waals surface area contributed by atoms with Crippen LogP contribution in [0.4, 0.5) is 18.9 Å². The van der Waals surface area contributed by atoms with E-state index in [1.54, 1.807) is 0 Å². The van der Waals surface area contributed by atoms with Gasteiger partial charge >= 0.3 is 6.18 Å². The van der Waals surface area contributed by atoms with Gasteiger partial charge in [-0.25, -0.2) is 0 Å². The van der Waals surface area contributed by atoms with Crippen molar-refractivity contribution < 1.29 is 17.9 Å². The third-order valence-corrected chi connectivity index (χ3v) is 3.49. The smallest absolute Gasteiger partial charge is 0.389 e. The lowest BCUT2D eigenvalue weighted by molar-refractivity contribution is -0.137. The highest BCUT2D eigenvalue weighted by Crippen LogP contribution is 2.33. The number of ether oxygens (including phenoxy) is 1. The van der Waals surface area contributed by atoms with E-state index in [-0.39, 0.29) is 16.1 Å². The molecule has 0 spiro atoms. The van der Waals surface area contributed by atoms with Gasteiger partial charge in [-0.2, -0.15) is 13.2 Å². The predicted molar refractivity (Wildman–Crippen MR) is 74.8 cm³/mol. The van der Waals surface area contributed by atoms with E-state index in [0.717, 1.165) is 18.6 Å². The maximum Gasteiger partial charge on any atom is 0.416 e. The molecule has 1 aromatic carbocycles. The summed E-state index contributed by atoms with van der Waals surface area (Å²) in [4.78, 5) is -0.0684. The summed E-state index contributed by atoms with van der Waals surface area (Å²) >= 11 is 4.85. The summed E-state index contributed by atoms with van der Waals surface area (Å²) < 4.78 is 43.5. The van der Waals surface area contributed by atoms with Gasteiger partial charge in [-0.3, -0.25) is 0 Å². The number of anilines is 1. The van der Waals surface area contributed by atoms with Gasteiger partial charge in [-0.1, -0.05) is 12.2 Å². The first kappa shape index (κ1) is 15.1. The third kappa shape index (κ3) is 3.21. The largest absolute Gasteiger partial charge is 0.416 e. The molecule has 110 valence electrons. The zero-order valence-corrected chi connectivity index (χ0v) is 11.7. The van der Waals surface area contributed by atoms with Crippen molar-refractivity contribution in [1.29, 1.82) is 0 Å². The number of hydrogen-bond acceptors (Lipinski definition) is 3. The molecular weight excluding hydrogens is 289 g/mol. The lowest BCUT2D eigenvalue weighted by Gasteiger charge is -2.26. The van der Waals surface area contributed by atoms with Crippen molar-refractivity contribution in [3.8, 4) is 0 Å². The molecule has 1 saturated heterocycles. The second-order valence-electron chi connectivity index (χ2n) is 5.11. The minimum atomic E-state index is -4.42. The molecule has 1 heterocycles. The summed E-state index contributed by atoms with van der Waals surface area (Å²) in [6.45, 7) is 3.05. The molecule has 1 aliphatic heterocycles. The van der Waals surface area contributed by atoms with Crippen LogP contribution in [0.1, 0.15) is 24.5 Å². The van der Waals surface area contributed by atoms with Crippen LogP contribution in [-0.2, 0) is 10.9 Å². The van der Waals surface area contributed by atoms with Gasteiger partial charge in [0.25, 0.3) is 0 Å². The summed E-state index contributed by atoms with van der Waals surface area (Å²) in [5.41, 5.74) is 5.15. The van der Waals surface area contributed by atoms with Crippen molar-refractivity contribution in [3.63, 3.8) is 0 Å². The fourth-order valence-corrected chi connectivity index (χ4v) is 2.29. The van der Waals surface area contributed by atoms with Crippen LogP contribution < -0.4 is 11.1 Å². The number of nitrogens with two attached hydrogens (primary N) is 1. The standard InChI is InChI=1S/C13H15F3N2OS/c1-12(4-5-19-7-12)18-10-3-2-8(13(14,15)16)6-9(10)11(17)20/h2-3,6,18H,4-5,7H2,1H3,(H2,17,20). The number of rotatable bonds is 3. The van der Waals surface area contributed by atoms with E-state index in [4.69, 9.17) is 22.7 Å². The van der Waals surface area contributed by atoms with Crippen molar-refractivity contribution in [2.24, 2.45) is 5.73 Å². The fraction of sp³-hybridized carbons (Fsp3) is 0.462. The van der Waals surface area contributed by atoms with Crippen LogP contribution in [0.5, 0.6) is 0 Å². The Morgan fingerprint density at radius 2 is 2.15 bits per heavy atom. The second-order valence-corrected chi connectivity index (χ2v) is 5.55. The van der Waals surface area contributed by atoms with Crippen molar-refractivity contribution in [2.45, 2.75) is 25.1 Å². The number of hydrogen-bond donors (Lipinski definition) is 2. The normalized spacial score (nSPS) is 22.8. The van der Waals surface area contributed by atoms with Crippen LogP contribution >= 0.6 is 12.2 Å². The van der Waals surface area contributed by atoms with E-state index in [0.29, 0.717) is 18.9 Å². The average Bonchev–Trinajstić information content (AvgIpc) is 2.74. The summed E-state index contributed by atoms with van der Waals surface area (Å²) in [5, 5.41) is 3.19. The highest BCUT2D eigenvalue weighted by molar-refractivity contribution is 7.80. The van der Waals surface area contributed by atoms with Crippen LogP contribution in [0.25, 0.3) is 0 Å². The Bertz CT molecular complexity index is 525. The van der Waals surface area contributed by atoms with E-state index < -0.39 is 11.7 Å². The predicted octanol–water partition coefficient (Wildman–Crippen LogP) is 2.93. The Morgan fingerprint density at radius 1 is 1.45 bits per heavy atom. The number of benzene rings is 1. The SMILES string of the molecule is CC1(Nc2ccc(C(F)(F)F)cc2C(N)=S)CCOC1. The molecule has 1 fully saturated rings. The minimum absolute atomic E-state index is 0.0684. The van der Waals surface area contributed by atoms with Gasteiger partial charge in [-0.15, -0.1) is 0 Å². The molecule has 0 amide bonds. The molecule has 2 rings (SSSR count). The minimum Gasteiger partial charge on any atom is -0.389 e. The van der Waals surface area contributed by atoms with Crippen molar-refractivity contribution in [1.82, 2.24) is 0 Å². The number of halogens is 3. The van der Waals surface area contributed by atoms with Gasteiger partial charge in [-0.05, 0) is 31.5 Å². The van der Waals surface area contributed by atoms with Crippen LogP contribution in [0, 0.1) is 0 Å². The molecule has 20 heavy (non-hydrogen) atoms. The van der Waals surface area contributed by atoms with E-state index >= 15 is 0 Å². The lowest BCUT2D eigenvalue weighted by atomic mass is 9.99. The van der Waals surface area contributed by atoms with Gasteiger partial charge in [0, 0.05) is 17.9 Å². The first-order valence-electron chi connectivity index (χ1n) is 6.08. The average molecular weight is 304 g/mol. The van der Waals surface area contributed by atoms with Crippen LogP contribution in [0.2, 0.25) is 0 Å². The van der Waals surface area contributed by atoms with Gasteiger partial charge in [0.2, 0.25) is 0 Å². The number of nitrogens with one attached hydrogen (secondary N) is 1. The van der Waals surface area contributed by atoms with Crippen LogP contribution in [0.15, 0.2) is 18.2 Å². The zero-order chi connectivity index (χ0) is 15.0. The number of thiocarbonyl (C=S) groups is 1. The van der Waals surface area contributed by atoms with Gasteiger partial charge < -0.3 is 15.8 Å². The molecule has 0 aliphatic carbocycles. The maximum absolute atomic E-state index is 12.7. The summed E-state index contributed by atoms with van der Waals surface area (Å²) in [7, 11) is 0. The van der Waals surface area contributed by atoms with Crippen molar-refractivity contribution in [2.75, 3.05) is 18.5 Å². The van der Waals surface area contributed by atoms with E-state index in [1.807, 2.05) is 6.92 Å². The molecule has 1 atom stereocenters. The molecular formula is C13H15F3N2OS. The summed E-state index contributed by atoms with van der Waals surface area (Å²) in [6.07, 6.45) is -3.65. The van der Waals surface area contributed by atoms with Crippen molar-refractivity contribution in [3.05, 3.63) is 29.3 Å². The van der Waals surface area contributed by atoms with Crippen molar-refractivity contribution >= 4 is 22.9 Å². The van der Waals surface area contributed by atoms with E-state index in [9.17, 15) is 13.2 Å². The first-order valence-corrected chi connectivity index (χ1v) is 6.49. The molecule has 7 heteroatoms. The topological polar surface area (TPSA) is 47.3 Å². The second kappa shape index (κ2) is 5.21. The third-order valence-electron chi connectivity index (χ3n) is 3.27. The van der Waals surface area contributed by atoms with Crippen LogP contribution in [-0.4, -0.2) is 23.7 Å². The van der Waals surface area contributed by atoms with Gasteiger partial charge in [0.1, 0.15) is 4.99 Å². The lowest BCUT2D eigenvalue weighted by Crippen LogP contribution is -2.36. The molecule has 0 radical (unpaired) electrons. The molecule has 3 N–H and O–H groups in total. The Balaban J connectivity index is 2.35. The molecule has 0 aromatic heterocycles. The van der Waals surface area contributed by atoms with Crippen LogP contribution in [0.3, 0.4) is 0 Å². The summed E-state index contributed by atoms with van der Waals surface area (Å²) in [5.74, 6) is 0. The summed E-state index contributed by atoms with van der Waals surface area (Å²) in [6, 6.07) is 3.36. The molecule has 1 aromatic rings. The molecule has 3 nitrogen and oxygen atoms in total. The Kier molecular flexibility index (Phi) is 3.93. The highest BCUT2D eigenvalue weighted by Gasteiger charge is 2.33.